The molecule has 0 unspecified atom stereocenters. The molecule has 0 radical (unpaired) electrons. The van der Waals surface area contributed by atoms with Crippen LogP contribution in [0.1, 0.15) is 0 Å². The van der Waals surface area contributed by atoms with Gasteiger partial charge in [-0.15, -0.1) is 0 Å². The summed E-state index contributed by atoms with van der Waals surface area (Å²) in [5.74, 6) is -0.349. The van der Waals surface area contributed by atoms with Crippen molar-refractivity contribution in [3.05, 3.63) is 47.4 Å². The Hall–Kier alpha value is -1.81. The minimum Gasteiger partial charge on any atom is -0.435 e. The molecule has 0 spiro atoms. The SMILES string of the molecule is Nc1ccc(Oc2ncccc2F)c(Cl)c1. The van der Waals surface area contributed by atoms with E-state index in [2.05, 4.69) is 4.98 Å². The van der Waals surface area contributed by atoms with Crippen molar-refractivity contribution in [3.8, 4) is 11.6 Å². The zero-order valence-corrected chi connectivity index (χ0v) is 8.91. The Kier molecular flexibility index (Phi) is 2.92. The smallest absolute Gasteiger partial charge is 0.255 e. The van der Waals surface area contributed by atoms with Crippen LogP contribution in [0, 0.1) is 5.82 Å². The van der Waals surface area contributed by atoms with Crippen molar-refractivity contribution in [2.45, 2.75) is 0 Å². The van der Waals surface area contributed by atoms with E-state index in [9.17, 15) is 4.39 Å². The average molecular weight is 239 g/mol. The second-order valence-corrected chi connectivity index (χ2v) is 3.49. The maximum absolute atomic E-state index is 13.2. The zero-order chi connectivity index (χ0) is 11.5. The summed E-state index contributed by atoms with van der Waals surface area (Å²) >= 11 is 5.88. The van der Waals surface area contributed by atoms with Crippen molar-refractivity contribution in [3.63, 3.8) is 0 Å². The van der Waals surface area contributed by atoms with E-state index in [1.807, 2.05) is 0 Å². The first-order valence-corrected chi connectivity index (χ1v) is 4.88. The molecule has 0 bridgehead atoms. The molecule has 1 aromatic heterocycles. The number of nitrogens with two attached hydrogens (primary N) is 1. The Morgan fingerprint density at radius 2 is 2.12 bits per heavy atom. The standard InChI is InChI=1S/C11H8ClFN2O/c12-8-6-7(14)3-4-10(8)16-11-9(13)2-1-5-15-11/h1-6H,14H2. The van der Waals surface area contributed by atoms with Gasteiger partial charge in [0.2, 0.25) is 0 Å². The van der Waals surface area contributed by atoms with Gasteiger partial charge in [0, 0.05) is 11.9 Å². The first kappa shape index (κ1) is 10.7. The van der Waals surface area contributed by atoms with Crippen molar-refractivity contribution >= 4 is 17.3 Å². The Morgan fingerprint density at radius 3 is 2.81 bits per heavy atom. The third-order valence-electron chi connectivity index (χ3n) is 1.89. The summed E-state index contributed by atoms with van der Waals surface area (Å²) in [5.41, 5.74) is 6.03. The molecule has 3 nitrogen and oxygen atoms in total. The lowest BCUT2D eigenvalue weighted by Gasteiger charge is -2.07. The third-order valence-corrected chi connectivity index (χ3v) is 2.18. The third kappa shape index (κ3) is 2.23. The molecule has 1 heterocycles. The number of hydrogen-bond acceptors (Lipinski definition) is 3. The lowest BCUT2D eigenvalue weighted by Crippen LogP contribution is -1.92. The van der Waals surface area contributed by atoms with Crippen LogP contribution < -0.4 is 10.5 Å². The maximum Gasteiger partial charge on any atom is 0.255 e. The number of nitrogen functional groups attached to an aromatic ring is 1. The van der Waals surface area contributed by atoms with Gasteiger partial charge in [-0.25, -0.2) is 9.37 Å². The number of anilines is 1. The number of rotatable bonds is 2. The molecule has 0 saturated carbocycles. The maximum atomic E-state index is 13.2. The predicted molar refractivity (Wildman–Crippen MR) is 60.1 cm³/mol. The second kappa shape index (κ2) is 4.37. The monoisotopic (exact) mass is 238 g/mol. The molecule has 0 aliphatic heterocycles. The summed E-state index contributed by atoms with van der Waals surface area (Å²) in [6.45, 7) is 0. The molecule has 5 heteroatoms. The molecule has 0 aliphatic carbocycles. The minimum atomic E-state index is -0.546. The Bertz CT molecular complexity index is 519. The number of hydrogen-bond donors (Lipinski definition) is 1. The topological polar surface area (TPSA) is 48.1 Å². The highest BCUT2D eigenvalue weighted by atomic mass is 35.5. The van der Waals surface area contributed by atoms with E-state index in [0.29, 0.717) is 16.5 Å². The Morgan fingerprint density at radius 1 is 1.31 bits per heavy atom. The van der Waals surface area contributed by atoms with Gasteiger partial charge in [0.25, 0.3) is 5.88 Å². The van der Waals surface area contributed by atoms with Crippen LogP contribution in [0.25, 0.3) is 0 Å². The van der Waals surface area contributed by atoms with E-state index in [1.54, 1.807) is 12.1 Å². The molecule has 1 aromatic carbocycles. The normalized spacial score (nSPS) is 10.1. The molecule has 0 saturated heterocycles. The van der Waals surface area contributed by atoms with E-state index in [4.69, 9.17) is 22.1 Å². The highest BCUT2D eigenvalue weighted by Crippen LogP contribution is 2.30. The molecule has 0 atom stereocenters. The first-order chi connectivity index (χ1) is 7.66. The predicted octanol–water partition coefficient (Wildman–Crippen LogP) is 3.25. The molecule has 2 rings (SSSR count). The lowest BCUT2D eigenvalue weighted by molar-refractivity contribution is 0.423. The fourth-order valence-electron chi connectivity index (χ4n) is 1.15. The van der Waals surface area contributed by atoms with Crippen LogP contribution in [0.4, 0.5) is 10.1 Å². The van der Waals surface area contributed by atoms with Gasteiger partial charge in [-0.05, 0) is 30.3 Å². The summed E-state index contributed by atoms with van der Waals surface area (Å²) in [4.78, 5) is 3.75. The van der Waals surface area contributed by atoms with Crippen LogP contribution in [0.2, 0.25) is 5.02 Å². The molecule has 0 fully saturated rings. The van der Waals surface area contributed by atoms with Gasteiger partial charge in [0.05, 0.1) is 5.02 Å². The summed E-state index contributed by atoms with van der Waals surface area (Å²) in [7, 11) is 0. The molecule has 2 N–H and O–H groups in total. The molecule has 0 aliphatic rings. The molecule has 2 aromatic rings. The Labute approximate surface area is 96.6 Å². The largest absolute Gasteiger partial charge is 0.435 e. The fraction of sp³-hybridized carbons (Fsp3) is 0. The van der Waals surface area contributed by atoms with Crippen LogP contribution >= 0.6 is 11.6 Å². The van der Waals surface area contributed by atoms with E-state index in [1.165, 1.54) is 24.4 Å². The van der Waals surface area contributed by atoms with Crippen LogP contribution in [-0.2, 0) is 0 Å². The highest BCUT2D eigenvalue weighted by Gasteiger charge is 2.08. The first-order valence-electron chi connectivity index (χ1n) is 4.50. The number of ether oxygens (including phenoxy) is 1. The minimum absolute atomic E-state index is 0.117. The molecule has 16 heavy (non-hydrogen) atoms. The van der Waals surface area contributed by atoms with Gasteiger partial charge in [0.15, 0.2) is 5.82 Å². The molecular formula is C11H8ClFN2O. The van der Waals surface area contributed by atoms with Crippen molar-refractivity contribution < 1.29 is 9.13 Å². The van der Waals surface area contributed by atoms with Gasteiger partial charge >= 0.3 is 0 Å². The summed E-state index contributed by atoms with van der Waals surface area (Å²) in [6, 6.07) is 7.44. The number of halogens is 2. The van der Waals surface area contributed by atoms with Crippen LogP contribution in [-0.4, -0.2) is 4.98 Å². The lowest BCUT2D eigenvalue weighted by atomic mass is 10.3. The Balaban J connectivity index is 2.31. The van der Waals surface area contributed by atoms with Crippen molar-refractivity contribution in [2.75, 3.05) is 5.73 Å². The summed E-state index contributed by atoms with van der Waals surface area (Å²) in [6.07, 6.45) is 1.43. The van der Waals surface area contributed by atoms with Crippen LogP contribution in [0.3, 0.4) is 0 Å². The number of pyridine rings is 1. The van der Waals surface area contributed by atoms with Gasteiger partial charge in [-0.1, -0.05) is 11.6 Å². The van der Waals surface area contributed by atoms with Gasteiger partial charge in [0.1, 0.15) is 5.75 Å². The quantitative estimate of drug-likeness (QED) is 0.817. The van der Waals surface area contributed by atoms with Crippen LogP contribution in [0.15, 0.2) is 36.5 Å². The van der Waals surface area contributed by atoms with Gasteiger partial charge in [-0.2, -0.15) is 0 Å². The van der Waals surface area contributed by atoms with Crippen molar-refractivity contribution in [1.29, 1.82) is 0 Å². The summed E-state index contributed by atoms with van der Waals surface area (Å²) < 4.78 is 18.5. The van der Waals surface area contributed by atoms with E-state index >= 15 is 0 Å². The summed E-state index contributed by atoms with van der Waals surface area (Å²) in [5, 5.41) is 0.310. The average Bonchev–Trinajstić information content (AvgIpc) is 2.25. The second-order valence-electron chi connectivity index (χ2n) is 3.08. The van der Waals surface area contributed by atoms with E-state index < -0.39 is 5.82 Å². The number of benzene rings is 1. The fourth-order valence-corrected chi connectivity index (χ4v) is 1.38. The molecule has 0 amide bonds. The molecule has 82 valence electrons. The number of aromatic nitrogens is 1. The highest BCUT2D eigenvalue weighted by molar-refractivity contribution is 6.32. The van der Waals surface area contributed by atoms with Crippen molar-refractivity contribution in [2.24, 2.45) is 0 Å². The van der Waals surface area contributed by atoms with E-state index in [0.717, 1.165) is 0 Å². The number of nitrogens with zero attached hydrogens (tertiary/aromatic N) is 1. The van der Waals surface area contributed by atoms with E-state index in [-0.39, 0.29) is 5.88 Å². The van der Waals surface area contributed by atoms with Gasteiger partial charge < -0.3 is 10.5 Å². The van der Waals surface area contributed by atoms with Crippen LogP contribution in [0.5, 0.6) is 11.6 Å². The molecular weight excluding hydrogens is 231 g/mol. The zero-order valence-electron chi connectivity index (χ0n) is 8.15. The van der Waals surface area contributed by atoms with Gasteiger partial charge in [-0.3, -0.25) is 0 Å². The van der Waals surface area contributed by atoms with Crippen molar-refractivity contribution in [1.82, 2.24) is 4.98 Å².